The third kappa shape index (κ3) is 4.23. The smallest absolute Gasteiger partial charge is 0.269 e. The third-order valence-corrected chi connectivity index (χ3v) is 5.47. The molecule has 0 atom stereocenters. The summed E-state index contributed by atoms with van der Waals surface area (Å²) in [5.74, 6) is -0.134. The molecule has 0 N–H and O–H groups in total. The van der Waals surface area contributed by atoms with Crippen molar-refractivity contribution in [2.45, 2.75) is 26.2 Å². The number of nitro groups is 1. The minimum atomic E-state index is -0.436. The fraction of sp³-hybridized carbons (Fsp3) is 0.148. The largest absolute Gasteiger partial charge is 0.276 e. The molecule has 3 aromatic rings. The van der Waals surface area contributed by atoms with E-state index in [9.17, 15) is 14.9 Å². The monoisotopic (exact) mass is 424 g/mol. The standard InChI is InChI=1S/C27H24N2O3/c1-27(2,3)22-11-15-23(16-12-22)28-25(20-7-5-4-6-8-20)18-21(26(28)30)17-19-9-13-24(14-10-19)29(31)32/h4-18H,1-3H3. The van der Waals surface area contributed by atoms with Gasteiger partial charge in [-0.3, -0.25) is 19.8 Å². The van der Waals surface area contributed by atoms with Gasteiger partial charge in [-0.15, -0.1) is 0 Å². The molecule has 5 heteroatoms. The van der Waals surface area contributed by atoms with Crippen LogP contribution in [-0.4, -0.2) is 10.8 Å². The van der Waals surface area contributed by atoms with Crippen LogP contribution in [0.5, 0.6) is 0 Å². The molecule has 3 aromatic carbocycles. The summed E-state index contributed by atoms with van der Waals surface area (Å²) in [5, 5.41) is 10.9. The lowest BCUT2D eigenvalue weighted by atomic mass is 9.87. The van der Waals surface area contributed by atoms with Crippen molar-refractivity contribution in [3.63, 3.8) is 0 Å². The van der Waals surface area contributed by atoms with Crippen LogP contribution in [0.4, 0.5) is 11.4 Å². The molecule has 0 saturated heterocycles. The van der Waals surface area contributed by atoms with Crippen molar-refractivity contribution < 1.29 is 9.72 Å². The van der Waals surface area contributed by atoms with E-state index in [-0.39, 0.29) is 17.0 Å². The van der Waals surface area contributed by atoms with Crippen molar-refractivity contribution >= 4 is 29.1 Å². The topological polar surface area (TPSA) is 63.5 Å². The van der Waals surface area contributed by atoms with Gasteiger partial charge in [-0.2, -0.15) is 0 Å². The molecule has 4 rings (SSSR count). The van der Waals surface area contributed by atoms with E-state index in [1.807, 2.05) is 48.5 Å². The molecule has 1 aliphatic heterocycles. The first-order valence-corrected chi connectivity index (χ1v) is 10.4. The van der Waals surface area contributed by atoms with Crippen molar-refractivity contribution in [2.24, 2.45) is 0 Å². The predicted octanol–water partition coefficient (Wildman–Crippen LogP) is 6.36. The number of nitrogens with zero attached hydrogens (tertiary/aromatic N) is 2. The SMILES string of the molecule is CC(C)(C)c1ccc(N2C(=O)C(=Cc3ccc([N+](=O)[O-])cc3)C=C2c2ccccc2)cc1. The second kappa shape index (κ2) is 8.27. The van der Waals surface area contributed by atoms with Crippen LogP contribution < -0.4 is 4.90 Å². The van der Waals surface area contributed by atoms with E-state index >= 15 is 0 Å². The summed E-state index contributed by atoms with van der Waals surface area (Å²) >= 11 is 0. The van der Waals surface area contributed by atoms with Crippen LogP contribution in [0.3, 0.4) is 0 Å². The van der Waals surface area contributed by atoms with Crippen LogP contribution >= 0.6 is 0 Å². The van der Waals surface area contributed by atoms with Crippen LogP contribution in [0.1, 0.15) is 37.5 Å². The molecule has 1 amide bonds. The molecule has 0 unspecified atom stereocenters. The van der Waals surface area contributed by atoms with E-state index in [1.54, 1.807) is 23.1 Å². The van der Waals surface area contributed by atoms with Crippen LogP contribution in [0.25, 0.3) is 11.8 Å². The lowest BCUT2D eigenvalue weighted by Gasteiger charge is -2.23. The van der Waals surface area contributed by atoms with Crippen LogP contribution in [-0.2, 0) is 10.2 Å². The number of non-ortho nitro benzene ring substituents is 1. The zero-order valence-electron chi connectivity index (χ0n) is 18.3. The molecular weight excluding hydrogens is 400 g/mol. The minimum Gasteiger partial charge on any atom is -0.276 e. The fourth-order valence-electron chi connectivity index (χ4n) is 3.68. The molecule has 1 aliphatic rings. The number of hydrogen-bond acceptors (Lipinski definition) is 3. The van der Waals surface area contributed by atoms with E-state index in [2.05, 4.69) is 32.9 Å². The molecule has 0 aliphatic carbocycles. The molecule has 0 saturated carbocycles. The van der Waals surface area contributed by atoms with Gasteiger partial charge in [0, 0.05) is 23.4 Å². The molecule has 0 radical (unpaired) electrons. The Hall–Kier alpha value is -3.99. The molecular formula is C27H24N2O3. The summed E-state index contributed by atoms with van der Waals surface area (Å²) in [7, 11) is 0. The molecule has 0 bridgehead atoms. The first-order valence-electron chi connectivity index (χ1n) is 10.4. The van der Waals surface area contributed by atoms with E-state index < -0.39 is 4.92 Å². The average Bonchev–Trinajstić information content (AvgIpc) is 3.10. The number of anilines is 1. The second-order valence-electron chi connectivity index (χ2n) is 8.78. The number of nitro benzene ring substituents is 1. The van der Waals surface area contributed by atoms with Gasteiger partial charge in [-0.1, -0.05) is 63.2 Å². The third-order valence-electron chi connectivity index (χ3n) is 5.47. The molecule has 160 valence electrons. The Morgan fingerprint density at radius 3 is 2.06 bits per heavy atom. The van der Waals surface area contributed by atoms with E-state index in [4.69, 9.17) is 0 Å². The fourth-order valence-corrected chi connectivity index (χ4v) is 3.68. The summed E-state index contributed by atoms with van der Waals surface area (Å²) in [6.07, 6.45) is 3.63. The van der Waals surface area contributed by atoms with Gasteiger partial charge in [0.15, 0.2) is 0 Å². The summed E-state index contributed by atoms with van der Waals surface area (Å²) in [6, 6.07) is 24.0. The maximum atomic E-state index is 13.4. The quantitative estimate of drug-likeness (QED) is 0.278. The highest BCUT2D eigenvalue weighted by Gasteiger charge is 2.30. The van der Waals surface area contributed by atoms with Gasteiger partial charge in [-0.25, -0.2) is 0 Å². The summed E-state index contributed by atoms with van der Waals surface area (Å²) < 4.78 is 0. The summed E-state index contributed by atoms with van der Waals surface area (Å²) in [5.41, 5.74) is 5.02. The van der Waals surface area contributed by atoms with E-state index in [0.717, 1.165) is 22.5 Å². The first kappa shape index (κ1) is 21.2. The Balaban J connectivity index is 1.75. The highest BCUT2D eigenvalue weighted by atomic mass is 16.6. The molecule has 32 heavy (non-hydrogen) atoms. The lowest BCUT2D eigenvalue weighted by molar-refractivity contribution is -0.384. The maximum Gasteiger partial charge on any atom is 0.269 e. The number of hydrogen-bond donors (Lipinski definition) is 0. The van der Waals surface area contributed by atoms with Gasteiger partial charge in [0.05, 0.1) is 10.6 Å². The molecule has 0 aromatic heterocycles. The molecule has 0 spiro atoms. The lowest BCUT2D eigenvalue weighted by Crippen LogP contribution is -2.25. The van der Waals surface area contributed by atoms with Gasteiger partial charge in [0.25, 0.3) is 11.6 Å². The van der Waals surface area contributed by atoms with Gasteiger partial charge in [0.2, 0.25) is 0 Å². The zero-order chi connectivity index (χ0) is 22.9. The second-order valence-corrected chi connectivity index (χ2v) is 8.78. The average molecular weight is 425 g/mol. The number of benzene rings is 3. The number of carbonyl (C=O) groups is 1. The number of carbonyl (C=O) groups excluding carboxylic acids is 1. The van der Waals surface area contributed by atoms with Crippen molar-refractivity contribution in [1.82, 2.24) is 0 Å². The van der Waals surface area contributed by atoms with Gasteiger partial charge < -0.3 is 0 Å². The van der Waals surface area contributed by atoms with Crippen molar-refractivity contribution in [3.8, 4) is 0 Å². The van der Waals surface area contributed by atoms with E-state index in [1.165, 1.54) is 17.7 Å². The highest BCUT2D eigenvalue weighted by Crippen LogP contribution is 2.36. The number of rotatable bonds is 4. The molecule has 5 nitrogen and oxygen atoms in total. The van der Waals surface area contributed by atoms with Crippen molar-refractivity contribution in [1.29, 1.82) is 0 Å². The summed E-state index contributed by atoms with van der Waals surface area (Å²) in [4.78, 5) is 25.6. The first-order chi connectivity index (χ1) is 15.2. The Labute approximate surface area is 187 Å². The Morgan fingerprint density at radius 1 is 0.875 bits per heavy atom. The maximum absolute atomic E-state index is 13.4. The highest BCUT2D eigenvalue weighted by molar-refractivity contribution is 6.23. The predicted molar refractivity (Wildman–Crippen MR) is 128 cm³/mol. The van der Waals surface area contributed by atoms with Gasteiger partial charge in [-0.05, 0) is 58.5 Å². The summed E-state index contributed by atoms with van der Waals surface area (Å²) in [6.45, 7) is 6.47. The molecule has 0 fully saturated rings. The van der Waals surface area contributed by atoms with Crippen molar-refractivity contribution in [3.05, 3.63) is 117 Å². The Bertz CT molecular complexity index is 1220. The zero-order valence-corrected chi connectivity index (χ0v) is 18.3. The van der Waals surface area contributed by atoms with Crippen LogP contribution in [0, 0.1) is 10.1 Å². The minimum absolute atomic E-state index is 0.0194. The van der Waals surface area contributed by atoms with Crippen LogP contribution in [0.15, 0.2) is 90.5 Å². The Kier molecular flexibility index (Phi) is 5.49. The van der Waals surface area contributed by atoms with Crippen molar-refractivity contribution in [2.75, 3.05) is 4.90 Å². The van der Waals surface area contributed by atoms with Crippen LogP contribution in [0.2, 0.25) is 0 Å². The normalized spacial score (nSPS) is 15.2. The number of amides is 1. The van der Waals surface area contributed by atoms with Gasteiger partial charge >= 0.3 is 0 Å². The molecule has 1 heterocycles. The van der Waals surface area contributed by atoms with E-state index in [0.29, 0.717) is 5.57 Å². The Morgan fingerprint density at radius 2 is 1.50 bits per heavy atom. The van der Waals surface area contributed by atoms with Gasteiger partial charge in [0.1, 0.15) is 0 Å².